The minimum absolute atomic E-state index is 0.245. The molecule has 0 radical (unpaired) electrons. The van der Waals surface area contributed by atoms with Crippen LogP contribution in [0.2, 0.25) is 0 Å². The van der Waals surface area contributed by atoms with Crippen molar-refractivity contribution in [1.82, 2.24) is 9.80 Å². The van der Waals surface area contributed by atoms with Crippen LogP contribution in [0.5, 0.6) is 5.75 Å². The Morgan fingerprint density at radius 2 is 1.61 bits per heavy atom. The van der Waals surface area contributed by atoms with Crippen molar-refractivity contribution in [3.8, 4) is 5.75 Å². The molecule has 2 aromatic rings. The molecule has 2 aromatic carbocycles. The van der Waals surface area contributed by atoms with Crippen LogP contribution in [0.4, 0.5) is 0 Å². The zero-order valence-corrected chi connectivity index (χ0v) is 18.0. The lowest BCUT2D eigenvalue weighted by Crippen LogP contribution is -2.40. The fourth-order valence-electron chi connectivity index (χ4n) is 3.79. The number of carbonyl (C=O) groups is 2. The molecule has 0 unspecified atom stereocenters. The summed E-state index contributed by atoms with van der Waals surface area (Å²) in [5.74, 6) is 0.678. The molecular weight excluding hydrogens is 392 g/mol. The molecule has 1 saturated heterocycles. The summed E-state index contributed by atoms with van der Waals surface area (Å²) in [5.41, 5.74) is 2.58. The number of hydrogen-bond acceptors (Lipinski definition) is 5. The van der Waals surface area contributed by atoms with E-state index in [0.29, 0.717) is 50.1 Å². The van der Waals surface area contributed by atoms with Gasteiger partial charge in [0.05, 0.1) is 31.9 Å². The molecule has 0 aromatic heterocycles. The predicted molar refractivity (Wildman–Crippen MR) is 118 cm³/mol. The zero-order valence-electron chi connectivity index (χ0n) is 18.0. The minimum atomic E-state index is -0.258. The van der Waals surface area contributed by atoms with Gasteiger partial charge in [0, 0.05) is 13.1 Å². The van der Waals surface area contributed by atoms with Gasteiger partial charge in [-0.2, -0.15) is 0 Å². The summed E-state index contributed by atoms with van der Waals surface area (Å²) >= 11 is 0. The Morgan fingerprint density at radius 1 is 0.935 bits per heavy atom. The van der Waals surface area contributed by atoms with Gasteiger partial charge in [-0.3, -0.25) is 14.5 Å². The van der Waals surface area contributed by atoms with Crippen LogP contribution >= 0.6 is 0 Å². The van der Waals surface area contributed by atoms with Crippen LogP contribution in [0, 0.1) is 5.92 Å². The standard InChI is InChI=1S/C25H28N2O4/c1-18(2)17-31-21-10-8-20(9-11-21)22-23(26-12-14-30-15-13-26)25(29)27(24(22)28)16-19-6-4-3-5-7-19/h3-11,18H,12-17H2,1-2H3. The predicted octanol–water partition coefficient (Wildman–Crippen LogP) is 3.33. The van der Waals surface area contributed by atoms with Crippen molar-refractivity contribution < 1.29 is 19.1 Å². The van der Waals surface area contributed by atoms with Crippen LogP contribution in [0.25, 0.3) is 5.57 Å². The first-order valence-electron chi connectivity index (χ1n) is 10.7. The third-order valence-electron chi connectivity index (χ3n) is 5.38. The lowest BCUT2D eigenvalue weighted by Gasteiger charge is -2.29. The van der Waals surface area contributed by atoms with Gasteiger partial charge in [0.1, 0.15) is 11.4 Å². The van der Waals surface area contributed by atoms with Crippen molar-refractivity contribution in [2.24, 2.45) is 5.92 Å². The molecule has 6 nitrogen and oxygen atoms in total. The summed E-state index contributed by atoms with van der Waals surface area (Å²) in [4.78, 5) is 30.1. The second kappa shape index (κ2) is 9.35. The van der Waals surface area contributed by atoms with Crippen LogP contribution in [0.1, 0.15) is 25.0 Å². The van der Waals surface area contributed by atoms with Crippen molar-refractivity contribution in [3.05, 3.63) is 71.4 Å². The van der Waals surface area contributed by atoms with Crippen LogP contribution in [-0.4, -0.2) is 54.5 Å². The van der Waals surface area contributed by atoms with Crippen molar-refractivity contribution in [3.63, 3.8) is 0 Å². The molecule has 2 aliphatic heterocycles. The third-order valence-corrected chi connectivity index (χ3v) is 5.38. The molecule has 0 spiro atoms. The first-order chi connectivity index (χ1) is 15.0. The molecule has 0 saturated carbocycles. The van der Waals surface area contributed by atoms with Crippen molar-refractivity contribution in [2.45, 2.75) is 20.4 Å². The van der Waals surface area contributed by atoms with Crippen molar-refractivity contribution >= 4 is 17.4 Å². The topological polar surface area (TPSA) is 59.1 Å². The summed E-state index contributed by atoms with van der Waals surface area (Å²) < 4.78 is 11.2. The van der Waals surface area contributed by atoms with Gasteiger partial charge in [0.15, 0.2) is 0 Å². The fourth-order valence-corrected chi connectivity index (χ4v) is 3.79. The normalized spacial score (nSPS) is 17.1. The number of benzene rings is 2. The monoisotopic (exact) mass is 420 g/mol. The average molecular weight is 421 g/mol. The molecule has 2 heterocycles. The summed E-state index contributed by atoms with van der Waals surface area (Å²) in [6.45, 7) is 7.33. The fraction of sp³-hybridized carbons (Fsp3) is 0.360. The molecule has 0 atom stereocenters. The highest BCUT2D eigenvalue weighted by molar-refractivity contribution is 6.35. The van der Waals surface area contributed by atoms with Gasteiger partial charge in [-0.15, -0.1) is 0 Å². The molecule has 2 aliphatic rings. The van der Waals surface area contributed by atoms with Gasteiger partial charge in [0.2, 0.25) is 0 Å². The average Bonchev–Trinajstić information content (AvgIpc) is 3.04. The number of rotatable bonds is 7. The highest BCUT2D eigenvalue weighted by Gasteiger charge is 2.41. The van der Waals surface area contributed by atoms with Gasteiger partial charge in [0.25, 0.3) is 11.8 Å². The smallest absolute Gasteiger partial charge is 0.278 e. The maximum Gasteiger partial charge on any atom is 0.278 e. The molecule has 2 amide bonds. The molecular formula is C25H28N2O4. The highest BCUT2D eigenvalue weighted by atomic mass is 16.5. The number of hydrogen-bond donors (Lipinski definition) is 0. The van der Waals surface area contributed by atoms with Crippen LogP contribution in [0.15, 0.2) is 60.3 Å². The van der Waals surface area contributed by atoms with Crippen molar-refractivity contribution in [2.75, 3.05) is 32.9 Å². The first-order valence-corrected chi connectivity index (χ1v) is 10.7. The zero-order chi connectivity index (χ0) is 21.8. The maximum absolute atomic E-state index is 13.4. The van der Waals surface area contributed by atoms with Gasteiger partial charge < -0.3 is 14.4 Å². The van der Waals surface area contributed by atoms with Gasteiger partial charge in [-0.25, -0.2) is 0 Å². The van der Waals surface area contributed by atoms with Crippen LogP contribution in [0.3, 0.4) is 0 Å². The van der Waals surface area contributed by atoms with E-state index in [9.17, 15) is 9.59 Å². The summed E-state index contributed by atoms with van der Waals surface area (Å²) in [6.07, 6.45) is 0. The van der Waals surface area contributed by atoms with Crippen LogP contribution in [-0.2, 0) is 20.9 Å². The molecule has 0 N–H and O–H groups in total. The molecule has 31 heavy (non-hydrogen) atoms. The Labute approximate surface area is 183 Å². The first kappa shape index (κ1) is 21.1. The Balaban J connectivity index is 1.65. The lowest BCUT2D eigenvalue weighted by atomic mass is 10.0. The Hall–Kier alpha value is -3.12. The van der Waals surface area contributed by atoms with E-state index in [1.807, 2.05) is 59.5 Å². The number of nitrogens with zero attached hydrogens (tertiary/aromatic N) is 2. The maximum atomic E-state index is 13.4. The lowest BCUT2D eigenvalue weighted by molar-refractivity contribution is -0.138. The minimum Gasteiger partial charge on any atom is -0.493 e. The number of carbonyl (C=O) groups excluding carboxylic acids is 2. The van der Waals surface area contributed by atoms with Gasteiger partial charge in [-0.05, 0) is 29.2 Å². The molecule has 4 rings (SSSR count). The quantitative estimate of drug-likeness (QED) is 0.643. The molecule has 6 heteroatoms. The number of ether oxygens (including phenoxy) is 2. The molecule has 1 fully saturated rings. The summed E-state index contributed by atoms with van der Waals surface area (Å²) in [6, 6.07) is 17.0. The molecule has 0 aliphatic carbocycles. The highest BCUT2D eigenvalue weighted by Crippen LogP contribution is 2.33. The molecule has 162 valence electrons. The largest absolute Gasteiger partial charge is 0.493 e. The van der Waals surface area contributed by atoms with E-state index in [2.05, 4.69) is 13.8 Å². The van der Waals surface area contributed by atoms with Crippen LogP contribution < -0.4 is 4.74 Å². The van der Waals surface area contributed by atoms with E-state index in [1.54, 1.807) is 0 Å². The number of imide groups is 1. The SMILES string of the molecule is CC(C)COc1ccc(C2=C(N3CCOCC3)C(=O)N(Cc3ccccc3)C2=O)cc1. The van der Waals surface area contributed by atoms with E-state index in [0.717, 1.165) is 16.9 Å². The summed E-state index contributed by atoms with van der Waals surface area (Å²) in [5, 5.41) is 0. The van der Waals surface area contributed by atoms with Crippen molar-refractivity contribution in [1.29, 1.82) is 0 Å². The Kier molecular flexibility index (Phi) is 6.37. The van der Waals surface area contributed by atoms with E-state index in [-0.39, 0.29) is 18.4 Å². The van der Waals surface area contributed by atoms with E-state index >= 15 is 0 Å². The van der Waals surface area contributed by atoms with Gasteiger partial charge in [-0.1, -0.05) is 56.3 Å². The van der Waals surface area contributed by atoms with E-state index in [1.165, 1.54) is 4.90 Å². The van der Waals surface area contributed by atoms with Gasteiger partial charge >= 0.3 is 0 Å². The Bertz CT molecular complexity index is 961. The van der Waals surface area contributed by atoms with E-state index in [4.69, 9.17) is 9.47 Å². The summed E-state index contributed by atoms with van der Waals surface area (Å²) in [7, 11) is 0. The van der Waals surface area contributed by atoms with E-state index < -0.39 is 0 Å². The number of morpholine rings is 1. The second-order valence-corrected chi connectivity index (χ2v) is 8.23. The third kappa shape index (κ3) is 4.64. The molecule has 0 bridgehead atoms. The second-order valence-electron chi connectivity index (χ2n) is 8.23. The Morgan fingerprint density at radius 3 is 2.26 bits per heavy atom. The number of amides is 2.